The van der Waals surface area contributed by atoms with E-state index in [1.54, 1.807) is 7.05 Å². The van der Waals surface area contributed by atoms with Gasteiger partial charge in [0.15, 0.2) is 11.6 Å². The summed E-state index contributed by atoms with van der Waals surface area (Å²) in [5.41, 5.74) is 1.74. The van der Waals surface area contributed by atoms with E-state index in [9.17, 15) is 9.59 Å². The van der Waals surface area contributed by atoms with Crippen LogP contribution in [-0.2, 0) is 11.9 Å². The summed E-state index contributed by atoms with van der Waals surface area (Å²) in [7, 11) is 1.59. The molecule has 1 aliphatic heterocycles. The molecule has 0 radical (unpaired) electrons. The molecular formula is C15H20N4O3. The number of aromatic amines is 1. The number of rotatable bonds is 2. The molecule has 0 amide bonds. The molecule has 2 atom stereocenters. The van der Waals surface area contributed by atoms with E-state index in [1.165, 1.54) is 30.0 Å². The lowest BCUT2D eigenvalue weighted by Crippen LogP contribution is -2.37. The molecule has 3 aliphatic rings. The zero-order chi connectivity index (χ0) is 15.3. The van der Waals surface area contributed by atoms with Gasteiger partial charge in [0, 0.05) is 19.7 Å². The fourth-order valence-corrected chi connectivity index (χ4v) is 3.66. The first-order valence-corrected chi connectivity index (χ1v) is 7.90. The van der Waals surface area contributed by atoms with Crippen LogP contribution in [0.1, 0.15) is 44.1 Å². The molecule has 0 saturated heterocycles. The monoisotopic (exact) mass is 304 g/mol. The highest BCUT2D eigenvalue weighted by molar-refractivity contribution is 5.98. The summed E-state index contributed by atoms with van der Waals surface area (Å²) in [6.45, 7) is 0. The molecule has 118 valence electrons. The zero-order valence-electron chi connectivity index (χ0n) is 12.6. The van der Waals surface area contributed by atoms with Crippen LogP contribution in [-0.4, -0.2) is 21.1 Å². The lowest BCUT2D eigenvalue weighted by atomic mass is 9.80. The van der Waals surface area contributed by atoms with Gasteiger partial charge in [-0.2, -0.15) is 0 Å². The Morgan fingerprint density at radius 3 is 2.91 bits per heavy atom. The highest BCUT2D eigenvalue weighted by Crippen LogP contribution is 2.48. The average molecular weight is 304 g/mol. The molecule has 1 aromatic heterocycles. The number of hydrogen-bond acceptors (Lipinski definition) is 5. The summed E-state index contributed by atoms with van der Waals surface area (Å²) in [6, 6.07) is 0. The highest BCUT2D eigenvalue weighted by Gasteiger charge is 2.46. The molecule has 1 spiro atoms. The minimum Gasteiger partial charge on any atom is -0.303 e. The molecular weight excluding hydrogens is 284 g/mol. The highest BCUT2D eigenvalue weighted by atomic mass is 16.7. The first kappa shape index (κ1) is 13.8. The van der Waals surface area contributed by atoms with E-state index in [1.807, 2.05) is 0 Å². The lowest BCUT2D eigenvalue weighted by molar-refractivity contribution is -0.0906. The fourth-order valence-electron chi connectivity index (χ4n) is 3.66. The maximum Gasteiger partial charge on any atom is 0.328 e. The van der Waals surface area contributed by atoms with Gasteiger partial charge in [-0.3, -0.25) is 9.78 Å². The van der Waals surface area contributed by atoms with Crippen molar-refractivity contribution >= 4 is 5.84 Å². The molecule has 2 unspecified atom stereocenters. The van der Waals surface area contributed by atoms with Gasteiger partial charge in [0.05, 0.1) is 0 Å². The maximum atomic E-state index is 12.0. The van der Waals surface area contributed by atoms with Gasteiger partial charge >= 0.3 is 5.69 Å². The topological polar surface area (TPSA) is 88.5 Å². The van der Waals surface area contributed by atoms with Gasteiger partial charge in [0.2, 0.25) is 0 Å². The van der Waals surface area contributed by atoms with Crippen molar-refractivity contribution in [2.75, 3.05) is 0 Å². The van der Waals surface area contributed by atoms with Gasteiger partial charge in [-0.15, -0.1) is 0 Å². The van der Waals surface area contributed by atoms with Crippen molar-refractivity contribution in [3.8, 4) is 0 Å². The van der Waals surface area contributed by atoms with Gasteiger partial charge < -0.3 is 4.57 Å². The van der Waals surface area contributed by atoms with Gasteiger partial charge in [0.1, 0.15) is 5.56 Å². The van der Waals surface area contributed by atoms with Crippen LogP contribution in [0.3, 0.4) is 0 Å². The minimum absolute atomic E-state index is 0.340. The molecule has 22 heavy (non-hydrogen) atoms. The molecule has 7 heteroatoms. The fraction of sp³-hybridized carbons (Fsp3) is 0.667. The van der Waals surface area contributed by atoms with Crippen LogP contribution in [0.5, 0.6) is 0 Å². The normalized spacial score (nSPS) is 31.1. The van der Waals surface area contributed by atoms with Gasteiger partial charge in [-0.05, 0) is 43.9 Å². The maximum absolute atomic E-state index is 12.0. The number of amidine groups is 1. The summed E-state index contributed by atoms with van der Waals surface area (Å²) in [5, 5.41) is 0. The summed E-state index contributed by atoms with van der Waals surface area (Å²) in [5.74, 6) is 1.94. The van der Waals surface area contributed by atoms with Crippen LogP contribution >= 0.6 is 0 Å². The Balaban J connectivity index is 1.65. The first-order chi connectivity index (χ1) is 10.6. The van der Waals surface area contributed by atoms with E-state index in [0.717, 1.165) is 25.2 Å². The SMILES string of the molecule is Cn1cc(C2=NC3(CCCC(C4CC4)C3)ON2)c(=O)[nH]c1=O. The molecule has 0 bridgehead atoms. The number of aromatic nitrogens is 2. The summed E-state index contributed by atoms with van der Waals surface area (Å²) >= 11 is 0. The molecule has 7 nitrogen and oxygen atoms in total. The largest absolute Gasteiger partial charge is 0.328 e. The molecule has 2 saturated carbocycles. The third-order valence-corrected chi connectivity index (χ3v) is 5.03. The number of hydrogen-bond donors (Lipinski definition) is 2. The standard InChI is InChI=1S/C15H20N4O3/c1-19-8-11(13(20)16-14(19)21)12-17-15(22-18-12)6-2-3-10(7-15)9-4-5-9/h8-10H,2-7H2,1H3,(H,17,18)(H,16,20,21). The quantitative estimate of drug-likeness (QED) is 0.839. The van der Waals surface area contributed by atoms with Crippen LogP contribution in [0.25, 0.3) is 0 Å². The predicted molar refractivity (Wildman–Crippen MR) is 80.5 cm³/mol. The number of aryl methyl sites for hydroxylation is 1. The molecule has 0 aromatic carbocycles. The number of aliphatic imine (C=N–C) groups is 1. The van der Waals surface area contributed by atoms with Crippen molar-refractivity contribution < 1.29 is 4.84 Å². The van der Waals surface area contributed by atoms with Crippen molar-refractivity contribution in [2.45, 2.75) is 44.2 Å². The number of hydroxylamine groups is 1. The Bertz CT molecular complexity index is 746. The summed E-state index contributed by atoms with van der Waals surface area (Å²) in [6.07, 6.45) is 8.28. The first-order valence-electron chi connectivity index (χ1n) is 7.90. The van der Waals surface area contributed by atoms with Crippen LogP contribution < -0.4 is 16.7 Å². The predicted octanol–water partition coefficient (Wildman–Crippen LogP) is 0.652. The van der Waals surface area contributed by atoms with Gasteiger partial charge in [0.25, 0.3) is 5.56 Å². The second-order valence-corrected chi connectivity index (χ2v) is 6.72. The van der Waals surface area contributed by atoms with E-state index in [0.29, 0.717) is 17.3 Å². The Labute approximate surface area is 127 Å². The Morgan fingerprint density at radius 2 is 2.14 bits per heavy atom. The Hall–Kier alpha value is -1.89. The summed E-state index contributed by atoms with van der Waals surface area (Å²) < 4.78 is 1.33. The lowest BCUT2D eigenvalue weighted by Gasteiger charge is -2.33. The van der Waals surface area contributed by atoms with E-state index in [-0.39, 0.29) is 0 Å². The zero-order valence-corrected chi connectivity index (χ0v) is 12.6. The Kier molecular flexibility index (Phi) is 3.00. The Morgan fingerprint density at radius 1 is 1.32 bits per heavy atom. The minimum atomic E-state index is -0.540. The van der Waals surface area contributed by atoms with Crippen molar-refractivity contribution in [2.24, 2.45) is 23.9 Å². The van der Waals surface area contributed by atoms with Crippen LogP contribution in [0.2, 0.25) is 0 Å². The second-order valence-electron chi connectivity index (χ2n) is 6.72. The van der Waals surface area contributed by atoms with Crippen molar-refractivity contribution in [3.05, 3.63) is 32.6 Å². The van der Waals surface area contributed by atoms with Crippen LogP contribution in [0.4, 0.5) is 0 Å². The molecule has 2 fully saturated rings. The molecule has 2 N–H and O–H groups in total. The third-order valence-electron chi connectivity index (χ3n) is 5.03. The van der Waals surface area contributed by atoms with Crippen LogP contribution in [0, 0.1) is 11.8 Å². The molecule has 2 aliphatic carbocycles. The summed E-state index contributed by atoms with van der Waals surface area (Å²) in [4.78, 5) is 36.2. The van der Waals surface area contributed by atoms with Crippen LogP contribution in [0.15, 0.2) is 20.8 Å². The second kappa shape index (κ2) is 4.81. The van der Waals surface area contributed by atoms with Crippen molar-refractivity contribution in [3.63, 3.8) is 0 Å². The molecule has 2 heterocycles. The molecule has 1 aromatic rings. The third kappa shape index (κ3) is 2.29. The molecule has 4 rings (SSSR count). The van der Waals surface area contributed by atoms with Crippen molar-refractivity contribution in [1.82, 2.24) is 15.0 Å². The number of H-pyrrole nitrogens is 1. The van der Waals surface area contributed by atoms with Gasteiger partial charge in [-0.25, -0.2) is 20.1 Å². The number of nitrogens with zero attached hydrogens (tertiary/aromatic N) is 2. The van der Waals surface area contributed by atoms with E-state index in [2.05, 4.69) is 15.5 Å². The van der Waals surface area contributed by atoms with E-state index < -0.39 is 17.0 Å². The van der Waals surface area contributed by atoms with E-state index in [4.69, 9.17) is 4.84 Å². The van der Waals surface area contributed by atoms with E-state index >= 15 is 0 Å². The average Bonchev–Trinajstić information content (AvgIpc) is 3.27. The number of nitrogens with one attached hydrogen (secondary N) is 2. The van der Waals surface area contributed by atoms with Crippen molar-refractivity contribution in [1.29, 1.82) is 0 Å². The smallest absolute Gasteiger partial charge is 0.303 e. The van der Waals surface area contributed by atoms with Gasteiger partial charge in [-0.1, -0.05) is 0 Å².